The van der Waals surface area contributed by atoms with E-state index in [0.717, 1.165) is 12.8 Å². The van der Waals surface area contributed by atoms with Crippen LogP contribution in [0.3, 0.4) is 0 Å². The first-order chi connectivity index (χ1) is 7.31. The van der Waals surface area contributed by atoms with Gasteiger partial charge in [0.2, 0.25) is 0 Å². The fraction of sp³-hybridized carbons (Fsp3) is 1.00. The van der Waals surface area contributed by atoms with E-state index in [4.69, 9.17) is 0 Å². The summed E-state index contributed by atoms with van der Waals surface area (Å²) >= 11 is 0. The third-order valence-corrected chi connectivity index (χ3v) is 4.58. The normalized spacial score (nSPS) is 29.4. The number of hydrogen-bond donors (Lipinski definition) is 1. The van der Waals surface area contributed by atoms with Crippen molar-refractivity contribution in [3.05, 3.63) is 0 Å². The van der Waals surface area contributed by atoms with E-state index in [9.17, 15) is 5.11 Å². The summed E-state index contributed by atoms with van der Waals surface area (Å²) in [4.78, 5) is 0. The lowest BCUT2D eigenvalue weighted by molar-refractivity contribution is -0.0530. The highest BCUT2D eigenvalue weighted by Gasteiger charge is 2.36. The summed E-state index contributed by atoms with van der Waals surface area (Å²) in [6, 6.07) is 0. The number of rotatable bonds is 1. The molecule has 0 aliphatic heterocycles. The van der Waals surface area contributed by atoms with Gasteiger partial charge in [-0.1, -0.05) is 51.4 Å². The Morgan fingerprint density at radius 3 is 1.73 bits per heavy atom. The first kappa shape index (κ1) is 11.4. The van der Waals surface area contributed by atoms with Crippen LogP contribution in [0.5, 0.6) is 0 Å². The van der Waals surface area contributed by atoms with E-state index in [1.807, 2.05) is 0 Å². The third kappa shape index (κ3) is 2.96. The summed E-state index contributed by atoms with van der Waals surface area (Å²) in [5.74, 6) is 0.629. The molecular weight excluding hydrogens is 184 g/mol. The summed E-state index contributed by atoms with van der Waals surface area (Å²) in [7, 11) is 0. The van der Waals surface area contributed by atoms with Gasteiger partial charge < -0.3 is 5.11 Å². The molecule has 1 heteroatoms. The zero-order valence-electron chi connectivity index (χ0n) is 10.0. The van der Waals surface area contributed by atoms with Crippen LogP contribution in [0.4, 0.5) is 0 Å². The molecular formula is C14H26O. The molecule has 88 valence electrons. The number of hydrogen-bond acceptors (Lipinski definition) is 1. The molecule has 0 spiro atoms. The van der Waals surface area contributed by atoms with Crippen LogP contribution in [0.2, 0.25) is 0 Å². The molecule has 2 aliphatic carbocycles. The molecule has 0 unspecified atom stereocenters. The van der Waals surface area contributed by atoms with E-state index in [-0.39, 0.29) is 5.60 Å². The first-order valence-electron chi connectivity index (χ1n) is 7.04. The quantitative estimate of drug-likeness (QED) is 0.692. The smallest absolute Gasteiger partial charge is 0.0675 e. The van der Waals surface area contributed by atoms with Crippen molar-refractivity contribution in [1.29, 1.82) is 0 Å². The summed E-state index contributed by atoms with van der Waals surface area (Å²) in [5.41, 5.74) is -0.277. The van der Waals surface area contributed by atoms with Crippen molar-refractivity contribution in [3.8, 4) is 0 Å². The molecule has 0 radical (unpaired) electrons. The van der Waals surface area contributed by atoms with Crippen LogP contribution in [0.1, 0.15) is 77.0 Å². The van der Waals surface area contributed by atoms with Gasteiger partial charge in [0.15, 0.2) is 0 Å². The standard InChI is InChI=1S/C14H26O/c15-14(13-9-5-4-6-10-13)11-7-2-1-3-8-12-14/h13,15H,1-12H2. The van der Waals surface area contributed by atoms with Crippen molar-refractivity contribution in [3.63, 3.8) is 0 Å². The van der Waals surface area contributed by atoms with Crippen LogP contribution in [-0.2, 0) is 0 Å². The van der Waals surface area contributed by atoms with Gasteiger partial charge in [0.1, 0.15) is 0 Å². The molecule has 2 rings (SSSR count). The maximum absolute atomic E-state index is 10.8. The predicted octanol–water partition coefficient (Wildman–Crippen LogP) is 4.04. The van der Waals surface area contributed by atoms with Crippen LogP contribution in [0.15, 0.2) is 0 Å². The summed E-state index contributed by atoms with van der Waals surface area (Å²) < 4.78 is 0. The van der Waals surface area contributed by atoms with Gasteiger partial charge in [0.25, 0.3) is 0 Å². The van der Waals surface area contributed by atoms with Crippen LogP contribution >= 0.6 is 0 Å². The van der Waals surface area contributed by atoms with E-state index in [1.165, 1.54) is 64.2 Å². The molecule has 0 heterocycles. The average molecular weight is 210 g/mol. The van der Waals surface area contributed by atoms with E-state index >= 15 is 0 Å². The lowest BCUT2D eigenvalue weighted by atomic mass is 9.71. The second-order valence-corrected chi connectivity index (χ2v) is 5.71. The van der Waals surface area contributed by atoms with Gasteiger partial charge in [-0.2, -0.15) is 0 Å². The topological polar surface area (TPSA) is 20.2 Å². The fourth-order valence-corrected chi connectivity index (χ4v) is 3.57. The lowest BCUT2D eigenvalue weighted by Gasteiger charge is -2.39. The summed E-state index contributed by atoms with van der Waals surface area (Å²) in [6.07, 6.45) is 15.4. The Morgan fingerprint density at radius 2 is 1.13 bits per heavy atom. The van der Waals surface area contributed by atoms with Crippen molar-refractivity contribution in [1.82, 2.24) is 0 Å². The van der Waals surface area contributed by atoms with Crippen LogP contribution < -0.4 is 0 Å². The van der Waals surface area contributed by atoms with Gasteiger partial charge in [-0.3, -0.25) is 0 Å². The molecule has 0 bridgehead atoms. The van der Waals surface area contributed by atoms with Gasteiger partial charge in [-0.25, -0.2) is 0 Å². The monoisotopic (exact) mass is 210 g/mol. The van der Waals surface area contributed by atoms with Gasteiger partial charge >= 0.3 is 0 Å². The van der Waals surface area contributed by atoms with Gasteiger partial charge in [-0.15, -0.1) is 0 Å². The maximum Gasteiger partial charge on any atom is 0.0675 e. The molecule has 0 aromatic heterocycles. The second-order valence-electron chi connectivity index (χ2n) is 5.71. The lowest BCUT2D eigenvalue weighted by Crippen LogP contribution is -2.39. The minimum Gasteiger partial charge on any atom is -0.390 e. The molecule has 0 aromatic rings. The SMILES string of the molecule is OC1(C2CCCCC2)CCCCCCC1. The Labute approximate surface area is 94.3 Å². The van der Waals surface area contributed by atoms with E-state index in [1.54, 1.807) is 0 Å². The molecule has 1 nitrogen and oxygen atoms in total. The Bertz CT molecular complexity index is 174. The van der Waals surface area contributed by atoms with Crippen molar-refractivity contribution in [2.24, 2.45) is 5.92 Å². The minimum absolute atomic E-state index is 0.277. The number of aliphatic hydroxyl groups is 1. The molecule has 0 amide bonds. The van der Waals surface area contributed by atoms with Gasteiger partial charge in [-0.05, 0) is 31.6 Å². The van der Waals surface area contributed by atoms with E-state index in [0.29, 0.717) is 5.92 Å². The molecule has 2 aliphatic rings. The molecule has 0 saturated heterocycles. The minimum atomic E-state index is -0.277. The Morgan fingerprint density at radius 1 is 0.667 bits per heavy atom. The van der Waals surface area contributed by atoms with Crippen LogP contribution in [-0.4, -0.2) is 10.7 Å². The third-order valence-electron chi connectivity index (χ3n) is 4.58. The highest BCUT2D eigenvalue weighted by atomic mass is 16.3. The van der Waals surface area contributed by atoms with E-state index in [2.05, 4.69) is 0 Å². The highest BCUT2D eigenvalue weighted by molar-refractivity contribution is 4.88. The van der Waals surface area contributed by atoms with E-state index < -0.39 is 0 Å². The van der Waals surface area contributed by atoms with Crippen LogP contribution in [0.25, 0.3) is 0 Å². The molecule has 15 heavy (non-hydrogen) atoms. The van der Waals surface area contributed by atoms with Crippen molar-refractivity contribution < 1.29 is 5.11 Å². The Kier molecular flexibility index (Phi) is 4.07. The summed E-state index contributed by atoms with van der Waals surface area (Å²) in [5, 5.41) is 10.8. The zero-order chi connectivity index (χ0) is 10.6. The fourth-order valence-electron chi connectivity index (χ4n) is 3.57. The first-order valence-corrected chi connectivity index (χ1v) is 7.04. The largest absolute Gasteiger partial charge is 0.390 e. The predicted molar refractivity (Wildman–Crippen MR) is 63.8 cm³/mol. The molecule has 0 atom stereocenters. The van der Waals surface area contributed by atoms with Gasteiger partial charge in [0.05, 0.1) is 5.60 Å². The van der Waals surface area contributed by atoms with Crippen molar-refractivity contribution in [2.45, 2.75) is 82.7 Å². The van der Waals surface area contributed by atoms with Crippen LogP contribution in [0, 0.1) is 5.92 Å². The average Bonchev–Trinajstić information content (AvgIpc) is 2.25. The van der Waals surface area contributed by atoms with Crippen molar-refractivity contribution >= 4 is 0 Å². The van der Waals surface area contributed by atoms with Gasteiger partial charge in [0, 0.05) is 0 Å². The summed E-state index contributed by atoms with van der Waals surface area (Å²) in [6.45, 7) is 0. The molecule has 0 aromatic carbocycles. The van der Waals surface area contributed by atoms with Crippen molar-refractivity contribution in [2.75, 3.05) is 0 Å². The molecule has 2 fully saturated rings. The molecule has 1 N–H and O–H groups in total. The Hall–Kier alpha value is -0.0400. The second kappa shape index (κ2) is 5.34. The zero-order valence-corrected chi connectivity index (χ0v) is 10.0. The molecule has 2 saturated carbocycles. The highest BCUT2D eigenvalue weighted by Crippen LogP contribution is 2.40. The Balaban J connectivity index is 1.94. The maximum atomic E-state index is 10.8.